The van der Waals surface area contributed by atoms with E-state index in [0.717, 1.165) is 25.2 Å². The molecule has 3 rings (SSSR count). The number of ketones is 1. The van der Waals surface area contributed by atoms with Gasteiger partial charge < -0.3 is 14.2 Å². The number of Topliss-reactive ketones (excluding diaryl/α,β-unsaturated/α-hetero) is 1. The number of carbonyl (C=O) groups is 1. The van der Waals surface area contributed by atoms with Gasteiger partial charge in [-0.25, -0.2) is 0 Å². The number of hydrogen-bond acceptors (Lipinski definition) is 5. The second kappa shape index (κ2) is 8.44. The van der Waals surface area contributed by atoms with Gasteiger partial charge in [0, 0.05) is 19.0 Å². The van der Waals surface area contributed by atoms with E-state index < -0.39 is 6.10 Å². The van der Waals surface area contributed by atoms with Crippen LogP contribution in [0.25, 0.3) is 0 Å². The smallest absolute Gasteiger partial charge is 0.207 e. The average Bonchev–Trinajstić information content (AvgIpc) is 3.00. The van der Waals surface area contributed by atoms with Gasteiger partial charge >= 0.3 is 0 Å². The lowest BCUT2D eigenvalue weighted by molar-refractivity contribution is 0.0857. The van der Waals surface area contributed by atoms with Crippen LogP contribution in [0, 0.1) is 0 Å². The van der Waals surface area contributed by atoms with Crippen molar-refractivity contribution >= 4 is 5.78 Å². The third kappa shape index (κ3) is 4.08. The summed E-state index contributed by atoms with van der Waals surface area (Å²) in [5, 5.41) is 0. The Hall–Kier alpha value is -2.53. The van der Waals surface area contributed by atoms with Gasteiger partial charge in [-0.2, -0.15) is 0 Å². The average molecular weight is 369 g/mol. The third-order valence-electron chi connectivity index (χ3n) is 5.06. The molecule has 0 fully saturated rings. The number of carbonyl (C=O) groups excluding carboxylic acids is 1. The summed E-state index contributed by atoms with van der Waals surface area (Å²) in [7, 11) is 3.13. The monoisotopic (exact) mass is 369 g/mol. The van der Waals surface area contributed by atoms with Gasteiger partial charge in [0.1, 0.15) is 5.75 Å². The summed E-state index contributed by atoms with van der Waals surface area (Å²) < 4.78 is 16.5. The molecule has 144 valence electrons. The predicted molar refractivity (Wildman–Crippen MR) is 105 cm³/mol. The number of hydrogen-bond donors (Lipinski definition) is 0. The van der Waals surface area contributed by atoms with Crippen LogP contribution in [0.5, 0.6) is 17.2 Å². The van der Waals surface area contributed by atoms with Crippen molar-refractivity contribution in [1.29, 1.82) is 0 Å². The first kappa shape index (κ1) is 19.2. The van der Waals surface area contributed by atoms with E-state index in [-0.39, 0.29) is 5.78 Å². The van der Waals surface area contributed by atoms with Crippen LogP contribution in [0.1, 0.15) is 35.3 Å². The lowest BCUT2D eigenvalue weighted by atomic mass is 10.0. The molecule has 5 heteroatoms. The van der Waals surface area contributed by atoms with Crippen LogP contribution in [-0.4, -0.2) is 44.1 Å². The number of nitrogens with zero attached hydrogens (tertiary/aromatic N) is 1. The van der Waals surface area contributed by atoms with E-state index in [9.17, 15) is 4.79 Å². The Morgan fingerprint density at radius 2 is 1.56 bits per heavy atom. The largest absolute Gasteiger partial charge is 0.493 e. The van der Waals surface area contributed by atoms with Gasteiger partial charge in [0.25, 0.3) is 0 Å². The Morgan fingerprint density at radius 3 is 2.15 bits per heavy atom. The normalized spacial score (nSPS) is 15.6. The molecule has 0 amide bonds. The minimum atomic E-state index is -0.509. The molecule has 1 unspecified atom stereocenters. The highest BCUT2D eigenvalue weighted by Gasteiger charge is 2.34. The van der Waals surface area contributed by atoms with Crippen molar-refractivity contribution in [2.24, 2.45) is 0 Å². The van der Waals surface area contributed by atoms with Gasteiger partial charge in [-0.05, 0) is 30.3 Å². The van der Waals surface area contributed by atoms with Crippen molar-refractivity contribution in [1.82, 2.24) is 4.90 Å². The Morgan fingerprint density at radius 1 is 0.963 bits per heavy atom. The maximum atomic E-state index is 12.7. The van der Waals surface area contributed by atoms with Gasteiger partial charge in [0.05, 0.1) is 19.8 Å². The van der Waals surface area contributed by atoms with Crippen LogP contribution in [-0.2, 0) is 13.0 Å². The molecule has 2 aromatic carbocycles. The van der Waals surface area contributed by atoms with Crippen molar-refractivity contribution in [2.45, 2.75) is 32.9 Å². The first-order valence-corrected chi connectivity index (χ1v) is 9.36. The molecule has 0 radical (unpaired) electrons. The fourth-order valence-electron chi connectivity index (χ4n) is 3.37. The number of rotatable bonds is 8. The first-order valence-electron chi connectivity index (χ1n) is 9.36. The molecule has 1 atom stereocenters. The van der Waals surface area contributed by atoms with Crippen LogP contribution in [0.4, 0.5) is 0 Å². The number of benzene rings is 2. The van der Waals surface area contributed by atoms with Crippen molar-refractivity contribution in [2.75, 3.05) is 27.3 Å². The minimum absolute atomic E-state index is 0.0156. The highest BCUT2D eigenvalue weighted by Crippen LogP contribution is 2.39. The molecule has 0 bridgehead atoms. The molecule has 1 heterocycles. The van der Waals surface area contributed by atoms with Crippen LogP contribution >= 0.6 is 0 Å². The van der Waals surface area contributed by atoms with Crippen molar-refractivity contribution in [3.63, 3.8) is 0 Å². The minimum Gasteiger partial charge on any atom is -0.493 e. The van der Waals surface area contributed by atoms with Crippen LogP contribution in [0.15, 0.2) is 36.4 Å². The standard InChI is InChI=1S/C22H27NO4/c1-5-23(6-2)14-16-9-7-15(8-10-16)11-21-22(24)17-12-19(25-3)20(26-4)13-18(17)27-21/h7-10,12-13,21H,5-6,11,14H2,1-4H3. The Labute approximate surface area is 160 Å². The highest BCUT2D eigenvalue weighted by molar-refractivity contribution is 6.05. The summed E-state index contributed by atoms with van der Waals surface area (Å²) in [4.78, 5) is 15.1. The molecule has 5 nitrogen and oxygen atoms in total. The number of methoxy groups -OCH3 is 2. The summed E-state index contributed by atoms with van der Waals surface area (Å²) in [6.45, 7) is 7.35. The second-order valence-corrected chi connectivity index (χ2v) is 6.66. The second-order valence-electron chi connectivity index (χ2n) is 6.66. The molecule has 0 saturated carbocycles. The van der Waals surface area contributed by atoms with Gasteiger partial charge in [0.2, 0.25) is 5.78 Å². The van der Waals surface area contributed by atoms with Crippen molar-refractivity contribution in [3.8, 4) is 17.2 Å². The lowest BCUT2D eigenvalue weighted by Gasteiger charge is -2.18. The fourth-order valence-corrected chi connectivity index (χ4v) is 3.37. The van der Waals surface area contributed by atoms with Crippen molar-refractivity contribution in [3.05, 3.63) is 53.1 Å². The van der Waals surface area contributed by atoms with Crippen molar-refractivity contribution < 1.29 is 19.0 Å². The molecular weight excluding hydrogens is 342 g/mol. The Balaban J connectivity index is 1.70. The van der Waals surface area contributed by atoms with E-state index in [1.54, 1.807) is 26.4 Å². The summed E-state index contributed by atoms with van der Waals surface area (Å²) in [6.07, 6.45) is 0.0365. The zero-order chi connectivity index (χ0) is 19.4. The van der Waals surface area contributed by atoms with Crippen LogP contribution in [0.2, 0.25) is 0 Å². The molecule has 2 aromatic rings. The lowest BCUT2D eigenvalue weighted by Crippen LogP contribution is -2.23. The fraction of sp³-hybridized carbons (Fsp3) is 0.409. The van der Waals surface area contributed by atoms with Gasteiger partial charge in [-0.15, -0.1) is 0 Å². The van der Waals surface area contributed by atoms with Gasteiger partial charge in [-0.1, -0.05) is 38.1 Å². The third-order valence-corrected chi connectivity index (χ3v) is 5.06. The quantitative estimate of drug-likeness (QED) is 0.710. The van der Waals surface area contributed by atoms with E-state index >= 15 is 0 Å². The SMILES string of the molecule is CCN(CC)Cc1ccc(CC2Oc3cc(OC)c(OC)cc3C2=O)cc1. The van der Waals surface area contributed by atoms with Gasteiger partial charge in [-0.3, -0.25) is 9.69 Å². The van der Waals surface area contributed by atoms with E-state index in [4.69, 9.17) is 14.2 Å². The molecule has 1 aliphatic heterocycles. The van der Waals surface area contributed by atoms with E-state index in [0.29, 0.717) is 29.2 Å². The molecule has 27 heavy (non-hydrogen) atoms. The van der Waals surface area contributed by atoms with E-state index in [1.165, 1.54) is 5.56 Å². The maximum absolute atomic E-state index is 12.7. The summed E-state index contributed by atoms with van der Waals surface area (Å²) in [5.74, 6) is 1.64. The molecule has 0 aromatic heterocycles. The Bertz CT molecular complexity index is 797. The van der Waals surface area contributed by atoms with E-state index in [2.05, 4.69) is 43.0 Å². The number of fused-ring (bicyclic) bond motifs is 1. The molecule has 0 saturated heterocycles. The highest BCUT2D eigenvalue weighted by atomic mass is 16.5. The van der Waals surface area contributed by atoms with Crippen LogP contribution in [0.3, 0.4) is 0 Å². The molecule has 0 N–H and O–H groups in total. The molecule has 1 aliphatic rings. The maximum Gasteiger partial charge on any atom is 0.207 e. The predicted octanol–water partition coefficient (Wildman–Crippen LogP) is 3.73. The first-order chi connectivity index (χ1) is 13.1. The molecule has 0 spiro atoms. The summed E-state index contributed by atoms with van der Waals surface area (Å²) in [6, 6.07) is 11.8. The zero-order valence-electron chi connectivity index (χ0n) is 16.5. The summed E-state index contributed by atoms with van der Waals surface area (Å²) in [5.41, 5.74) is 2.91. The van der Waals surface area contributed by atoms with E-state index in [1.807, 2.05) is 0 Å². The van der Waals surface area contributed by atoms with Gasteiger partial charge in [0.15, 0.2) is 17.6 Å². The topological polar surface area (TPSA) is 48.0 Å². The molecule has 0 aliphatic carbocycles. The number of ether oxygens (including phenoxy) is 3. The summed E-state index contributed by atoms with van der Waals surface area (Å²) >= 11 is 0. The zero-order valence-corrected chi connectivity index (χ0v) is 16.5. The van der Waals surface area contributed by atoms with Crippen LogP contribution < -0.4 is 14.2 Å². The molecular formula is C22H27NO4. The Kier molecular flexibility index (Phi) is 6.01.